The molecule has 0 aromatic carbocycles. The number of hydrogen-bond donors (Lipinski definition) is 2. The van der Waals surface area contributed by atoms with Crippen molar-refractivity contribution in [2.24, 2.45) is 0 Å². The van der Waals surface area contributed by atoms with Crippen LogP contribution in [0.15, 0.2) is 0 Å². The third-order valence-corrected chi connectivity index (χ3v) is 1.57. The van der Waals surface area contributed by atoms with Crippen LogP contribution in [-0.4, -0.2) is 11.0 Å². The van der Waals surface area contributed by atoms with Gasteiger partial charge in [-0.15, -0.1) is 0 Å². The Morgan fingerprint density at radius 1 is 1.50 bits per heavy atom. The van der Waals surface area contributed by atoms with Gasteiger partial charge in [0.25, 0.3) is 0 Å². The van der Waals surface area contributed by atoms with E-state index in [1.807, 2.05) is 0 Å². The van der Waals surface area contributed by atoms with Crippen LogP contribution >= 0.6 is 25.3 Å². The normalized spacial score (nSPS) is 12.4. The standard InChI is InChI=1S/C5H11S2.K/c1-2-5(7)3-4-6;/h5-7H,1-4H2;/q-1;+1. The smallest absolute Gasteiger partial charge is 0.342 e. The van der Waals surface area contributed by atoms with Crippen molar-refractivity contribution in [2.75, 3.05) is 5.75 Å². The predicted molar refractivity (Wildman–Crippen MR) is 41.2 cm³/mol. The summed E-state index contributed by atoms with van der Waals surface area (Å²) in [5.41, 5.74) is 0. The Kier molecular flexibility index (Phi) is 15.1. The number of rotatable bonds is 3. The molecule has 0 saturated heterocycles. The Morgan fingerprint density at radius 3 is 2.12 bits per heavy atom. The third kappa shape index (κ3) is 8.34. The number of hydrogen-bond acceptors (Lipinski definition) is 2. The summed E-state index contributed by atoms with van der Waals surface area (Å²) >= 11 is 8.24. The molecular formula is C5H11KS2. The minimum atomic E-state index is 0. The summed E-state index contributed by atoms with van der Waals surface area (Å²) in [5.74, 6) is 0.920. The van der Waals surface area contributed by atoms with Crippen LogP contribution in [0, 0.1) is 6.92 Å². The van der Waals surface area contributed by atoms with E-state index in [9.17, 15) is 0 Å². The van der Waals surface area contributed by atoms with Crippen LogP contribution in [0.4, 0.5) is 0 Å². The molecule has 44 valence electrons. The molecule has 0 rings (SSSR count). The average molecular weight is 174 g/mol. The average Bonchev–Trinajstić information content (AvgIpc) is 1.68. The molecule has 0 spiro atoms. The van der Waals surface area contributed by atoms with Crippen molar-refractivity contribution < 1.29 is 51.4 Å². The van der Waals surface area contributed by atoms with Crippen LogP contribution in [0.25, 0.3) is 0 Å². The molecule has 1 unspecified atom stereocenters. The van der Waals surface area contributed by atoms with Gasteiger partial charge in [-0.1, -0.05) is 0 Å². The molecule has 3 heteroatoms. The molecule has 0 N–H and O–H groups in total. The predicted octanol–water partition coefficient (Wildman–Crippen LogP) is -1.17. The van der Waals surface area contributed by atoms with Gasteiger partial charge in [0.15, 0.2) is 0 Å². The van der Waals surface area contributed by atoms with E-state index < -0.39 is 0 Å². The SMILES string of the molecule is [CH2-]CC(S)CCS.[K+]. The summed E-state index contributed by atoms with van der Waals surface area (Å²) in [7, 11) is 0. The molecule has 0 heterocycles. The van der Waals surface area contributed by atoms with Gasteiger partial charge >= 0.3 is 51.4 Å². The van der Waals surface area contributed by atoms with Gasteiger partial charge in [0.1, 0.15) is 0 Å². The van der Waals surface area contributed by atoms with Crippen LogP contribution in [0.1, 0.15) is 12.8 Å². The maximum Gasteiger partial charge on any atom is 1.00 e. The van der Waals surface area contributed by atoms with Gasteiger partial charge in [0.2, 0.25) is 0 Å². The fraction of sp³-hybridized carbons (Fsp3) is 0.800. The van der Waals surface area contributed by atoms with E-state index in [4.69, 9.17) is 0 Å². The zero-order valence-electron chi connectivity index (χ0n) is 5.30. The minimum Gasteiger partial charge on any atom is -0.342 e. The van der Waals surface area contributed by atoms with Crippen LogP contribution in [-0.2, 0) is 0 Å². The summed E-state index contributed by atoms with van der Waals surface area (Å²) in [5, 5.41) is 0.456. The summed E-state index contributed by atoms with van der Waals surface area (Å²) in [4.78, 5) is 0. The monoisotopic (exact) mass is 174 g/mol. The Bertz CT molecular complexity index is 41.4. The van der Waals surface area contributed by atoms with Crippen molar-refractivity contribution in [3.05, 3.63) is 6.92 Å². The van der Waals surface area contributed by atoms with E-state index in [0.717, 1.165) is 18.6 Å². The molecule has 0 aliphatic carbocycles. The quantitative estimate of drug-likeness (QED) is 0.301. The summed E-state index contributed by atoms with van der Waals surface area (Å²) in [6.07, 6.45) is 1.97. The van der Waals surface area contributed by atoms with E-state index in [1.165, 1.54) is 0 Å². The first-order chi connectivity index (χ1) is 3.31. The van der Waals surface area contributed by atoms with E-state index in [1.54, 1.807) is 0 Å². The van der Waals surface area contributed by atoms with E-state index in [2.05, 4.69) is 32.2 Å². The third-order valence-electron chi connectivity index (χ3n) is 0.796. The van der Waals surface area contributed by atoms with Crippen molar-refractivity contribution in [1.29, 1.82) is 0 Å². The van der Waals surface area contributed by atoms with Gasteiger partial charge in [-0.3, -0.25) is 0 Å². The van der Waals surface area contributed by atoms with Gasteiger partial charge in [-0.25, -0.2) is 0 Å². The van der Waals surface area contributed by atoms with Gasteiger partial charge in [0.05, 0.1) is 0 Å². The zero-order valence-corrected chi connectivity index (χ0v) is 10.2. The fourth-order valence-corrected chi connectivity index (χ4v) is 0.938. The first-order valence-corrected chi connectivity index (χ1v) is 3.54. The van der Waals surface area contributed by atoms with Gasteiger partial charge in [-0.05, 0) is 17.4 Å². The maximum atomic E-state index is 4.20. The summed E-state index contributed by atoms with van der Waals surface area (Å²) in [6, 6.07) is 0. The van der Waals surface area contributed by atoms with Gasteiger partial charge < -0.3 is 6.92 Å². The molecule has 0 amide bonds. The van der Waals surface area contributed by atoms with Crippen molar-refractivity contribution in [3.8, 4) is 0 Å². The minimum absolute atomic E-state index is 0. The largest absolute Gasteiger partial charge is 1.00 e. The zero-order chi connectivity index (χ0) is 5.70. The van der Waals surface area contributed by atoms with Gasteiger partial charge in [-0.2, -0.15) is 31.7 Å². The Labute approximate surface area is 105 Å². The molecule has 1 atom stereocenters. The van der Waals surface area contributed by atoms with Crippen molar-refractivity contribution >= 4 is 25.3 Å². The molecule has 0 nitrogen and oxygen atoms in total. The molecule has 0 radical (unpaired) electrons. The van der Waals surface area contributed by atoms with Crippen molar-refractivity contribution in [1.82, 2.24) is 0 Å². The first kappa shape index (κ1) is 13.0. The Morgan fingerprint density at radius 2 is 2.00 bits per heavy atom. The summed E-state index contributed by atoms with van der Waals surface area (Å²) < 4.78 is 0. The van der Waals surface area contributed by atoms with E-state index in [0.29, 0.717) is 5.25 Å². The first-order valence-electron chi connectivity index (χ1n) is 2.39. The topological polar surface area (TPSA) is 0 Å². The second kappa shape index (κ2) is 9.34. The molecular weight excluding hydrogens is 163 g/mol. The number of thiol groups is 2. The second-order valence-electron chi connectivity index (χ2n) is 1.45. The van der Waals surface area contributed by atoms with Crippen LogP contribution < -0.4 is 51.4 Å². The van der Waals surface area contributed by atoms with Gasteiger partial charge in [0, 0.05) is 0 Å². The molecule has 0 aromatic rings. The van der Waals surface area contributed by atoms with E-state index >= 15 is 0 Å². The fourth-order valence-electron chi connectivity index (χ4n) is 0.293. The Hall–Kier alpha value is 2.34. The summed E-state index contributed by atoms with van der Waals surface area (Å²) in [6.45, 7) is 3.69. The van der Waals surface area contributed by atoms with Crippen LogP contribution in [0.5, 0.6) is 0 Å². The second-order valence-corrected chi connectivity index (χ2v) is 2.63. The van der Waals surface area contributed by atoms with Crippen LogP contribution in [0.2, 0.25) is 0 Å². The van der Waals surface area contributed by atoms with Crippen LogP contribution in [0.3, 0.4) is 0 Å². The Balaban J connectivity index is 0. The molecule has 8 heavy (non-hydrogen) atoms. The van der Waals surface area contributed by atoms with Crippen molar-refractivity contribution in [2.45, 2.75) is 18.1 Å². The molecule has 0 aromatic heterocycles. The maximum absolute atomic E-state index is 4.20. The molecule has 0 saturated carbocycles. The van der Waals surface area contributed by atoms with E-state index in [-0.39, 0.29) is 51.4 Å². The molecule has 0 aliphatic heterocycles. The molecule has 0 fully saturated rings. The molecule has 0 aliphatic rings. The molecule has 0 bridgehead atoms. The van der Waals surface area contributed by atoms with Crippen molar-refractivity contribution in [3.63, 3.8) is 0 Å².